The molecule has 0 fully saturated rings. The molecule has 7 nitrogen and oxygen atoms in total. The number of aromatic nitrogens is 1. The molecule has 2 rings (SSSR count). The first-order chi connectivity index (χ1) is 13.1. The summed E-state index contributed by atoms with van der Waals surface area (Å²) in [6.07, 6.45) is 0.170. The Hall–Kier alpha value is -2.61. The minimum absolute atomic E-state index is 0.285. The molecule has 0 aliphatic heterocycles. The predicted molar refractivity (Wildman–Crippen MR) is 113 cm³/mol. The molecule has 0 aliphatic carbocycles. The molecule has 0 unspecified atom stereocenters. The van der Waals surface area contributed by atoms with E-state index >= 15 is 0 Å². The van der Waals surface area contributed by atoms with Crippen LogP contribution in [0.4, 0.5) is 21.0 Å². The van der Waals surface area contributed by atoms with Gasteiger partial charge in [0.25, 0.3) is 0 Å². The van der Waals surface area contributed by atoms with Gasteiger partial charge < -0.3 is 15.4 Å². The summed E-state index contributed by atoms with van der Waals surface area (Å²) in [6.45, 7) is 10.1. The fourth-order valence-corrected chi connectivity index (χ4v) is 3.11. The summed E-state index contributed by atoms with van der Waals surface area (Å²) in [6, 6.07) is 6.53. The van der Waals surface area contributed by atoms with Gasteiger partial charge >= 0.3 is 12.1 Å². The number of ether oxygens (including phenoxy) is 1. The van der Waals surface area contributed by atoms with Crippen LogP contribution in [0.5, 0.6) is 0 Å². The van der Waals surface area contributed by atoms with Crippen molar-refractivity contribution < 1.29 is 14.3 Å². The van der Waals surface area contributed by atoms with Gasteiger partial charge in [0.05, 0.1) is 10.7 Å². The molecular formula is C20H28N4O3S. The monoisotopic (exact) mass is 404 g/mol. The summed E-state index contributed by atoms with van der Waals surface area (Å²) < 4.78 is 5.20. The Balaban J connectivity index is 1.75. The molecule has 3 amide bonds. The molecule has 0 saturated heterocycles. The fraction of sp³-hybridized carbons (Fsp3) is 0.450. The Morgan fingerprint density at radius 1 is 1.11 bits per heavy atom. The highest BCUT2D eigenvalue weighted by Crippen LogP contribution is 2.19. The van der Waals surface area contributed by atoms with E-state index in [1.165, 1.54) is 0 Å². The molecule has 0 spiro atoms. The number of urea groups is 1. The van der Waals surface area contributed by atoms with Crippen molar-refractivity contribution in [2.24, 2.45) is 0 Å². The van der Waals surface area contributed by atoms with E-state index in [0.29, 0.717) is 30.3 Å². The van der Waals surface area contributed by atoms with Crippen LogP contribution >= 0.6 is 11.3 Å². The summed E-state index contributed by atoms with van der Waals surface area (Å²) in [7, 11) is 0. The summed E-state index contributed by atoms with van der Waals surface area (Å²) in [5, 5.41) is 11.4. The average Bonchev–Trinajstić information content (AvgIpc) is 3.04. The maximum atomic E-state index is 12.0. The highest BCUT2D eigenvalue weighted by molar-refractivity contribution is 7.09. The highest BCUT2D eigenvalue weighted by Gasteiger charge is 2.16. The zero-order chi connectivity index (χ0) is 20.7. The first kappa shape index (κ1) is 21.7. The molecule has 152 valence electrons. The van der Waals surface area contributed by atoms with E-state index in [-0.39, 0.29) is 6.03 Å². The lowest BCUT2D eigenvalue weighted by Gasteiger charge is -2.19. The van der Waals surface area contributed by atoms with Crippen LogP contribution in [-0.4, -0.2) is 29.3 Å². The second-order valence-electron chi connectivity index (χ2n) is 7.67. The van der Waals surface area contributed by atoms with Gasteiger partial charge in [-0.2, -0.15) is 0 Å². The van der Waals surface area contributed by atoms with Crippen LogP contribution < -0.4 is 16.0 Å². The number of thiazole rings is 1. The second kappa shape index (κ2) is 9.54. The van der Waals surface area contributed by atoms with Gasteiger partial charge in [-0.15, -0.1) is 11.3 Å². The summed E-state index contributed by atoms with van der Waals surface area (Å²) in [5.41, 5.74) is 1.65. The molecule has 1 heterocycles. The Labute approximate surface area is 169 Å². The van der Waals surface area contributed by atoms with Crippen LogP contribution in [0, 0.1) is 0 Å². The van der Waals surface area contributed by atoms with Gasteiger partial charge in [-0.1, -0.05) is 13.8 Å². The number of carbonyl (C=O) groups is 2. The lowest BCUT2D eigenvalue weighted by molar-refractivity contribution is 0.0636. The third-order valence-electron chi connectivity index (χ3n) is 3.52. The number of hydrogen-bond acceptors (Lipinski definition) is 5. The number of carbonyl (C=O) groups excluding carboxylic acids is 2. The number of anilines is 2. The second-order valence-corrected chi connectivity index (χ2v) is 8.56. The minimum Gasteiger partial charge on any atom is -0.444 e. The van der Waals surface area contributed by atoms with E-state index in [4.69, 9.17) is 4.74 Å². The van der Waals surface area contributed by atoms with Crippen molar-refractivity contribution in [3.63, 3.8) is 0 Å². The molecular weight excluding hydrogens is 376 g/mol. The quantitative estimate of drug-likeness (QED) is 0.633. The van der Waals surface area contributed by atoms with Crippen LogP contribution in [0.15, 0.2) is 29.6 Å². The first-order valence-electron chi connectivity index (χ1n) is 9.21. The number of benzene rings is 1. The van der Waals surface area contributed by atoms with Crippen molar-refractivity contribution in [2.75, 3.05) is 17.2 Å². The summed E-state index contributed by atoms with van der Waals surface area (Å²) in [4.78, 5) is 28.3. The van der Waals surface area contributed by atoms with E-state index in [1.807, 2.05) is 5.38 Å². The fourth-order valence-electron chi connectivity index (χ4n) is 2.24. The van der Waals surface area contributed by atoms with Crippen LogP contribution in [0.2, 0.25) is 0 Å². The zero-order valence-electron chi connectivity index (χ0n) is 17.0. The maximum Gasteiger partial charge on any atom is 0.412 e. The van der Waals surface area contributed by atoms with E-state index in [2.05, 4.69) is 34.8 Å². The van der Waals surface area contributed by atoms with Crippen LogP contribution in [-0.2, 0) is 11.2 Å². The zero-order valence-corrected chi connectivity index (χ0v) is 17.8. The Kier molecular flexibility index (Phi) is 7.39. The SMILES string of the molecule is CC(C)c1nc(CCNC(=O)Nc2ccc(NC(=O)OC(C)(C)C)cc2)cs1. The molecule has 0 radical (unpaired) electrons. The van der Waals surface area contributed by atoms with Gasteiger partial charge in [-0.25, -0.2) is 14.6 Å². The lowest BCUT2D eigenvalue weighted by atomic mass is 10.2. The Morgan fingerprint density at radius 3 is 2.25 bits per heavy atom. The molecule has 1 aromatic heterocycles. The van der Waals surface area contributed by atoms with Gasteiger partial charge in [0.2, 0.25) is 0 Å². The number of nitrogens with zero attached hydrogens (tertiary/aromatic N) is 1. The van der Waals surface area contributed by atoms with Crippen molar-refractivity contribution in [1.82, 2.24) is 10.3 Å². The predicted octanol–water partition coefficient (Wildman–Crippen LogP) is 4.98. The molecule has 3 N–H and O–H groups in total. The topological polar surface area (TPSA) is 92.4 Å². The van der Waals surface area contributed by atoms with Crippen molar-refractivity contribution in [3.05, 3.63) is 40.3 Å². The molecule has 0 aliphatic rings. The summed E-state index contributed by atoms with van der Waals surface area (Å²) in [5.74, 6) is 0.419. The Bertz CT molecular complexity index is 795. The van der Waals surface area contributed by atoms with Crippen LogP contribution in [0.3, 0.4) is 0 Å². The van der Waals surface area contributed by atoms with Crippen molar-refractivity contribution in [2.45, 2.75) is 52.6 Å². The number of hydrogen-bond donors (Lipinski definition) is 3. The minimum atomic E-state index is -0.557. The van der Waals surface area contributed by atoms with Gasteiger partial charge in [0, 0.05) is 35.6 Å². The molecule has 8 heteroatoms. The molecule has 2 aromatic rings. The van der Waals surface area contributed by atoms with Gasteiger partial charge in [0.15, 0.2) is 0 Å². The van der Waals surface area contributed by atoms with Crippen molar-refractivity contribution in [3.8, 4) is 0 Å². The molecule has 1 aromatic carbocycles. The average molecular weight is 405 g/mol. The van der Waals surface area contributed by atoms with E-state index < -0.39 is 11.7 Å². The third-order valence-corrected chi connectivity index (χ3v) is 4.71. The standard InChI is InChI=1S/C20H28N4O3S/c1-13(2)17-22-16(12-28-17)10-11-21-18(25)23-14-6-8-15(9-7-14)24-19(26)27-20(3,4)5/h6-9,12-13H,10-11H2,1-5H3,(H,24,26)(H2,21,23,25). The summed E-state index contributed by atoms with van der Waals surface area (Å²) >= 11 is 1.65. The van der Waals surface area contributed by atoms with Crippen molar-refractivity contribution >= 4 is 34.8 Å². The van der Waals surface area contributed by atoms with E-state index in [0.717, 1.165) is 10.7 Å². The third kappa shape index (κ3) is 7.56. The highest BCUT2D eigenvalue weighted by atomic mass is 32.1. The lowest BCUT2D eigenvalue weighted by Crippen LogP contribution is -2.30. The normalized spacial score (nSPS) is 11.2. The molecule has 0 bridgehead atoms. The van der Waals surface area contributed by atoms with Crippen molar-refractivity contribution in [1.29, 1.82) is 0 Å². The number of amides is 3. The maximum absolute atomic E-state index is 12.0. The molecule has 0 saturated carbocycles. The van der Waals surface area contributed by atoms with Crippen LogP contribution in [0.25, 0.3) is 0 Å². The Morgan fingerprint density at radius 2 is 1.71 bits per heavy atom. The van der Waals surface area contributed by atoms with E-state index in [9.17, 15) is 9.59 Å². The van der Waals surface area contributed by atoms with Gasteiger partial charge in [0.1, 0.15) is 5.60 Å². The van der Waals surface area contributed by atoms with Crippen LogP contribution in [0.1, 0.15) is 51.2 Å². The largest absolute Gasteiger partial charge is 0.444 e. The molecule has 28 heavy (non-hydrogen) atoms. The smallest absolute Gasteiger partial charge is 0.412 e. The number of nitrogens with one attached hydrogen (secondary N) is 3. The van der Waals surface area contributed by atoms with E-state index in [1.54, 1.807) is 56.4 Å². The van der Waals surface area contributed by atoms with Gasteiger partial charge in [-0.05, 0) is 45.0 Å². The van der Waals surface area contributed by atoms with Gasteiger partial charge in [-0.3, -0.25) is 5.32 Å². The molecule has 0 atom stereocenters. The number of rotatable bonds is 6. The first-order valence-corrected chi connectivity index (χ1v) is 10.1.